The number of carbonyl (C=O) groups excluding carboxylic acids is 1. The molecule has 1 fully saturated rings. The second kappa shape index (κ2) is 7.36. The maximum absolute atomic E-state index is 12.9. The van der Waals surface area contributed by atoms with Gasteiger partial charge in [0.2, 0.25) is 5.91 Å². The van der Waals surface area contributed by atoms with Crippen molar-refractivity contribution < 1.29 is 14.3 Å². The van der Waals surface area contributed by atoms with Gasteiger partial charge in [-0.3, -0.25) is 4.79 Å². The van der Waals surface area contributed by atoms with Gasteiger partial charge in [-0.25, -0.2) is 4.39 Å². The van der Waals surface area contributed by atoms with E-state index in [0.717, 1.165) is 23.3 Å². The summed E-state index contributed by atoms with van der Waals surface area (Å²) in [6, 6.07) is 15.6. The van der Waals surface area contributed by atoms with Crippen LogP contribution >= 0.6 is 11.8 Å². The van der Waals surface area contributed by atoms with E-state index in [1.54, 1.807) is 12.1 Å². The highest BCUT2D eigenvalue weighted by molar-refractivity contribution is 8.00. The minimum absolute atomic E-state index is 0.140. The predicted octanol–water partition coefficient (Wildman–Crippen LogP) is 3.33. The largest absolute Gasteiger partial charge is 0.383 e. The van der Waals surface area contributed by atoms with Gasteiger partial charge in [-0.05, 0) is 48.6 Å². The molecule has 0 aliphatic heterocycles. The molecule has 0 unspecified atom stereocenters. The van der Waals surface area contributed by atoms with Crippen LogP contribution in [0.2, 0.25) is 0 Å². The number of hydrogen-bond donors (Lipinski definition) is 2. The van der Waals surface area contributed by atoms with Crippen LogP contribution in [0.25, 0.3) is 0 Å². The fraction of sp³-hybridized carbons (Fsp3) is 0.316. The molecule has 0 aromatic heterocycles. The number of nitrogens with one attached hydrogen (secondary N) is 1. The number of thioether (sulfide) groups is 1. The van der Waals surface area contributed by atoms with Gasteiger partial charge < -0.3 is 10.4 Å². The van der Waals surface area contributed by atoms with Crippen LogP contribution < -0.4 is 5.32 Å². The van der Waals surface area contributed by atoms with Crippen LogP contribution in [0.3, 0.4) is 0 Å². The smallest absolute Gasteiger partial charge is 0.230 e. The Labute approximate surface area is 145 Å². The molecule has 1 aliphatic carbocycles. The molecule has 0 spiro atoms. The van der Waals surface area contributed by atoms with Crippen LogP contribution in [0.1, 0.15) is 18.4 Å². The highest BCUT2D eigenvalue weighted by Crippen LogP contribution is 2.45. The lowest BCUT2D eigenvalue weighted by atomic mass is 9.88. The van der Waals surface area contributed by atoms with Crippen molar-refractivity contribution in [1.82, 2.24) is 5.32 Å². The maximum Gasteiger partial charge on any atom is 0.230 e. The molecule has 1 aliphatic rings. The lowest BCUT2D eigenvalue weighted by molar-refractivity contribution is -0.120. The van der Waals surface area contributed by atoms with Gasteiger partial charge in [0.05, 0.1) is 12.3 Å². The zero-order valence-corrected chi connectivity index (χ0v) is 14.1. The highest BCUT2D eigenvalue weighted by Gasteiger charge is 2.45. The SMILES string of the molecule is O=C(CSc1ccc(F)cc1)NC[C@@](O)(c1ccccc1)C1CC1. The summed E-state index contributed by atoms with van der Waals surface area (Å²) in [4.78, 5) is 12.9. The van der Waals surface area contributed by atoms with E-state index in [1.165, 1.54) is 23.9 Å². The summed E-state index contributed by atoms with van der Waals surface area (Å²) in [6.45, 7) is 0.213. The Morgan fingerprint density at radius 1 is 1.17 bits per heavy atom. The van der Waals surface area contributed by atoms with E-state index in [-0.39, 0.29) is 29.9 Å². The van der Waals surface area contributed by atoms with E-state index >= 15 is 0 Å². The summed E-state index contributed by atoms with van der Waals surface area (Å²) in [7, 11) is 0. The van der Waals surface area contributed by atoms with Crippen molar-refractivity contribution in [2.75, 3.05) is 12.3 Å². The van der Waals surface area contributed by atoms with E-state index in [4.69, 9.17) is 0 Å². The molecular weight excluding hydrogens is 325 g/mol. The minimum atomic E-state index is -1.00. The van der Waals surface area contributed by atoms with Gasteiger partial charge in [0, 0.05) is 4.90 Å². The molecule has 24 heavy (non-hydrogen) atoms. The number of amides is 1. The molecular formula is C19H20FNO2S. The van der Waals surface area contributed by atoms with E-state index in [9.17, 15) is 14.3 Å². The first kappa shape index (κ1) is 17.0. The molecule has 0 saturated heterocycles. The first-order valence-electron chi connectivity index (χ1n) is 8.01. The number of aliphatic hydroxyl groups is 1. The molecule has 5 heteroatoms. The van der Waals surface area contributed by atoms with Gasteiger partial charge in [0.25, 0.3) is 0 Å². The molecule has 126 valence electrons. The molecule has 1 saturated carbocycles. The molecule has 0 radical (unpaired) electrons. The van der Waals surface area contributed by atoms with Crippen molar-refractivity contribution >= 4 is 17.7 Å². The maximum atomic E-state index is 12.9. The van der Waals surface area contributed by atoms with Crippen molar-refractivity contribution in [2.45, 2.75) is 23.3 Å². The van der Waals surface area contributed by atoms with Gasteiger partial charge in [-0.2, -0.15) is 0 Å². The average Bonchev–Trinajstić information content (AvgIpc) is 3.45. The van der Waals surface area contributed by atoms with Crippen LogP contribution in [0, 0.1) is 11.7 Å². The number of carbonyl (C=O) groups is 1. The van der Waals surface area contributed by atoms with Gasteiger partial charge in [-0.15, -0.1) is 11.8 Å². The molecule has 1 amide bonds. The summed E-state index contributed by atoms with van der Waals surface area (Å²) in [5, 5.41) is 13.9. The van der Waals surface area contributed by atoms with E-state index in [2.05, 4.69) is 5.32 Å². The Morgan fingerprint density at radius 3 is 2.46 bits per heavy atom. The Kier molecular flexibility index (Phi) is 5.21. The van der Waals surface area contributed by atoms with Crippen LogP contribution in [0.5, 0.6) is 0 Å². The van der Waals surface area contributed by atoms with Crippen molar-refractivity contribution in [3.8, 4) is 0 Å². The van der Waals surface area contributed by atoms with Gasteiger partial charge in [0.1, 0.15) is 11.4 Å². The third-order valence-corrected chi connectivity index (χ3v) is 5.28. The molecule has 2 aromatic carbocycles. The molecule has 3 rings (SSSR count). The Hall–Kier alpha value is -1.85. The van der Waals surface area contributed by atoms with Crippen LogP contribution in [-0.4, -0.2) is 23.3 Å². The topological polar surface area (TPSA) is 49.3 Å². The average molecular weight is 345 g/mol. The Morgan fingerprint density at radius 2 is 1.83 bits per heavy atom. The first-order valence-corrected chi connectivity index (χ1v) is 8.99. The summed E-state index contributed by atoms with van der Waals surface area (Å²) >= 11 is 1.35. The number of halogens is 1. The van der Waals surface area contributed by atoms with Crippen LogP contribution in [0.4, 0.5) is 4.39 Å². The summed E-state index contributed by atoms with van der Waals surface area (Å²) in [6.07, 6.45) is 1.96. The van der Waals surface area contributed by atoms with Gasteiger partial charge >= 0.3 is 0 Å². The second-order valence-electron chi connectivity index (χ2n) is 6.08. The second-order valence-corrected chi connectivity index (χ2v) is 7.13. The summed E-state index contributed by atoms with van der Waals surface area (Å²) in [5.41, 5.74) is -0.156. The zero-order chi connectivity index (χ0) is 17.0. The highest BCUT2D eigenvalue weighted by atomic mass is 32.2. The third kappa shape index (κ3) is 4.16. The third-order valence-electron chi connectivity index (χ3n) is 4.27. The van der Waals surface area contributed by atoms with Gasteiger partial charge in [0.15, 0.2) is 0 Å². The van der Waals surface area contributed by atoms with Crippen molar-refractivity contribution in [3.05, 3.63) is 66.0 Å². The monoisotopic (exact) mass is 345 g/mol. The number of hydrogen-bond acceptors (Lipinski definition) is 3. The van der Waals surface area contributed by atoms with Crippen molar-refractivity contribution in [2.24, 2.45) is 5.92 Å². The molecule has 3 nitrogen and oxygen atoms in total. The molecule has 0 bridgehead atoms. The fourth-order valence-electron chi connectivity index (χ4n) is 2.73. The molecule has 2 N–H and O–H groups in total. The van der Waals surface area contributed by atoms with E-state index < -0.39 is 5.60 Å². The predicted molar refractivity (Wildman–Crippen MR) is 93.2 cm³/mol. The minimum Gasteiger partial charge on any atom is -0.383 e. The number of rotatable bonds is 7. The fourth-order valence-corrected chi connectivity index (χ4v) is 3.46. The first-order chi connectivity index (χ1) is 11.6. The van der Waals surface area contributed by atoms with Crippen molar-refractivity contribution in [1.29, 1.82) is 0 Å². The Balaban J connectivity index is 1.55. The molecule has 0 heterocycles. The quantitative estimate of drug-likeness (QED) is 0.757. The van der Waals surface area contributed by atoms with Crippen LogP contribution in [-0.2, 0) is 10.4 Å². The zero-order valence-electron chi connectivity index (χ0n) is 13.2. The van der Waals surface area contributed by atoms with E-state index in [1.807, 2.05) is 30.3 Å². The van der Waals surface area contributed by atoms with E-state index in [0.29, 0.717) is 0 Å². The van der Waals surface area contributed by atoms with Crippen molar-refractivity contribution in [3.63, 3.8) is 0 Å². The Bertz CT molecular complexity index is 688. The number of benzene rings is 2. The van der Waals surface area contributed by atoms with Crippen LogP contribution in [0.15, 0.2) is 59.5 Å². The summed E-state index contributed by atoms with van der Waals surface area (Å²) in [5.74, 6) is 0.00620. The molecule has 1 atom stereocenters. The standard InChI is InChI=1S/C19H20FNO2S/c20-16-8-10-17(11-9-16)24-12-18(22)21-13-19(23,15-6-7-15)14-4-2-1-3-5-14/h1-5,8-11,15,23H,6-7,12-13H2,(H,21,22)/t19-/m1/s1. The molecule has 2 aromatic rings. The normalized spacial score (nSPS) is 16.4. The lowest BCUT2D eigenvalue weighted by Crippen LogP contribution is -2.43. The summed E-state index contributed by atoms with van der Waals surface area (Å²) < 4.78 is 12.9. The van der Waals surface area contributed by atoms with Gasteiger partial charge in [-0.1, -0.05) is 30.3 Å². The lowest BCUT2D eigenvalue weighted by Gasteiger charge is -2.29.